The molecule has 9 heteroatoms. The normalized spacial score (nSPS) is 16.5. The maximum Gasteiger partial charge on any atom is 0.236 e. The lowest BCUT2D eigenvalue weighted by Gasteiger charge is -2.29. The summed E-state index contributed by atoms with van der Waals surface area (Å²) in [5.41, 5.74) is 1.42. The van der Waals surface area contributed by atoms with E-state index in [9.17, 15) is 13.2 Å². The molecule has 3 rings (SSSR count). The van der Waals surface area contributed by atoms with Crippen LogP contribution in [0.25, 0.3) is 6.08 Å². The number of amides is 1. The first-order chi connectivity index (χ1) is 13.4. The van der Waals surface area contributed by atoms with Crippen LogP contribution in [0.15, 0.2) is 42.1 Å². The molecule has 1 N–H and O–H groups in total. The number of hydrogen-bond acceptors (Lipinski definition) is 4. The zero-order valence-electron chi connectivity index (χ0n) is 15.6. The van der Waals surface area contributed by atoms with Gasteiger partial charge in [0.2, 0.25) is 15.9 Å². The molecule has 1 aliphatic rings. The Morgan fingerprint density at radius 2 is 1.96 bits per heavy atom. The second-order valence-corrected chi connectivity index (χ2v) is 8.90. The van der Waals surface area contributed by atoms with E-state index in [-0.39, 0.29) is 11.8 Å². The molecular formula is C19H23ClN4O3S. The van der Waals surface area contributed by atoms with Gasteiger partial charge in [-0.3, -0.25) is 9.48 Å². The van der Waals surface area contributed by atoms with Gasteiger partial charge < -0.3 is 5.32 Å². The second kappa shape index (κ2) is 8.89. The van der Waals surface area contributed by atoms with Crippen LogP contribution in [0.3, 0.4) is 0 Å². The van der Waals surface area contributed by atoms with Crippen LogP contribution in [0.4, 0.5) is 5.69 Å². The molecule has 28 heavy (non-hydrogen) atoms. The summed E-state index contributed by atoms with van der Waals surface area (Å²) in [5, 5.41) is 8.79. The van der Waals surface area contributed by atoms with Crippen molar-refractivity contribution in [2.24, 2.45) is 5.92 Å². The van der Waals surface area contributed by atoms with Crippen molar-refractivity contribution in [2.45, 2.75) is 26.3 Å². The molecule has 0 atom stereocenters. The second-order valence-electron chi connectivity index (χ2n) is 6.65. The summed E-state index contributed by atoms with van der Waals surface area (Å²) in [6.07, 6.45) is 5.92. The Morgan fingerprint density at radius 1 is 1.29 bits per heavy atom. The van der Waals surface area contributed by atoms with Crippen molar-refractivity contribution >= 4 is 39.3 Å². The fourth-order valence-electron chi connectivity index (χ4n) is 3.04. The smallest absolute Gasteiger partial charge is 0.236 e. The lowest BCUT2D eigenvalue weighted by molar-refractivity contribution is -0.120. The molecule has 1 aromatic carbocycles. The Balaban J connectivity index is 1.54. The zero-order chi connectivity index (χ0) is 20.1. The van der Waals surface area contributed by atoms with Crippen LogP contribution in [-0.2, 0) is 21.4 Å². The molecule has 1 amide bonds. The number of halogens is 1. The minimum Gasteiger partial charge on any atom is -0.323 e. The third-order valence-corrected chi connectivity index (χ3v) is 6.53. The van der Waals surface area contributed by atoms with Crippen molar-refractivity contribution in [2.75, 3.05) is 18.4 Å². The predicted octanol–water partition coefficient (Wildman–Crippen LogP) is 3.21. The fraction of sp³-hybridized carbons (Fsp3) is 0.368. The van der Waals surface area contributed by atoms with E-state index >= 15 is 0 Å². The number of benzene rings is 1. The number of piperidine rings is 1. The quantitative estimate of drug-likeness (QED) is 0.774. The monoisotopic (exact) mass is 422 g/mol. The third kappa shape index (κ3) is 5.21. The average Bonchev–Trinajstić information content (AvgIpc) is 3.15. The van der Waals surface area contributed by atoms with Crippen molar-refractivity contribution < 1.29 is 13.2 Å². The van der Waals surface area contributed by atoms with Crippen molar-refractivity contribution in [1.29, 1.82) is 0 Å². The van der Waals surface area contributed by atoms with Crippen LogP contribution >= 0.6 is 11.6 Å². The maximum atomic E-state index is 12.5. The van der Waals surface area contributed by atoms with Gasteiger partial charge in [0.25, 0.3) is 0 Å². The number of aryl methyl sites for hydroxylation is 1. The highest BCUT2D eigenvalue weighted by Crippen LogP contribution is 2.22. The van der Waals surface area contributed by atoms with Crippen molar-refractivity contribution in [3.63, 3.8) is 0 Å². The van der Waals surface area contributed by atoms with Gasteiger partial charge in [-0.2, -0.15) is 9.40 Å². The molecule has 0 saturated carbocycles. The summed E-state index contributed by atoms with van der Waals surface area (Å²) in [6.45, 7) is 3.34. The summed E-state index contributed by atoms with van der Waals surface area (Å²) >= 11 is 5.83. The Labute approximate surface area is 170 Å². The van der Waals surface area contributed by atoms with E-state index in [4.69, 9.17) is 11.6 Å². The lowest BCUT2D eigenvalue weighted by atomic mass is 9.97. The molecule has 1 fully saturated rings. The van der Waals surface area contributed by atoms with Crippen molar-refractivity contribution in [3.8, 4) is 0 Å². The maximum absolute atomic E-state index is 12.5. The molecule has 150 valence electrons. The minimum atomic E-state index is -3.52. The van der Waals surface area contributed by atoms with Gasteiger partial charge in [0.05, 0.1) is 11.9 Å². The Hall–Kier alpha value is -2.16. The van der Waals surface area contributed by atoms with E-state index in [1.165, 1.54) is 9.71 Å². The summed E-state index contributed by atoms with van der Waals surface area (Å²) in [4.78, 5) is 12.4. The van der Waals surface area contributed by atoms with Gasteiger partial charge in [0.1, 0.15) is 0 Å². The van der Waals surface area contributed by atoms with E-state index in [0.29, 0.717) is 36.6 Å². The number of nitrogens with zero attached hydrogens (tertiary/aromatic N) is 3. The van der Waals surface area contributed by atoms with Gasteiger partial charge in [0, 0.05) is 42.2 Å². The van der Waals surface area contributed by atoms with Crippen molar-refractivity contribution in [3.05, 3.63) is 52.7 Å². The number of rotatable bonds is 6. The van der Waals surface area contributed by atoms with Crippen LogP contribution in [0, 0.1) is 5.92 Å². The van der Waals surface area contributed by atoms with E-state index in [0.717, 1.165) is 12.1 Å². The molecule has 1 aromatic heterocycles. The number of carbonyl (C=O) groups excluding carboxylic acids is 1. The Kier molecular flexibility index (Phi) is 6.53. The van der Waals surface area contributed by atoms with Gasteiger partial charge in [0.15, 0.2) is 0 Å². The van der Waals surface area contributed by atoms with E-state index in [1.54, 1.807) is 47.4 Å². The molecule has 0 radical (unpaired) electrons. The summed E-state index contributed by atoms with van der Waals surface area (Å²) < 4.78 is 28.2. The topological polar surface area (TPSA) is 84.3 Å². The minimum absolute atomic E-state index is 0.0931. The molecule has 2 aromatic rings. The molecule has 2 heterocycles. The van der Waals surface area contributed by atoms with Crippen LogP contribution in [0.5, 0.6) is 0 Å². The molecule has 0 unspecified atom stereocenters. The largest absolute Gasteiger partial charge is 0.323 e. The van der Waals surface area contributed by atoms with Crippen molar-refractivity contribution in [1.82, 2.24) is 14.1 Å². The number of hydrogen-bond donors (Lipinski definition) is 1. The summed E-state index contributed by atoms with van der Waals surface area (Å²) in [6, 6.07) is 6.93. The standard InChI is InChI=1S/C19H23ClN4O3S/c1-2-23-14-18(13-21-23)22-19(25)16-7-10-24(11-8-16)28(26,27)12-9-15-3-5-17(20)6-4-15/h3-6,9,12-14,16H,2,7-8,10-11H2,1H3,(H,22,25)/b12-9+. The average molecular weight is 423 g/mol. The summed E-state index contributed by atoms with van der Waals surface area (Å²) in [5.74, 6) is -0.305. The molecule has 0 aliphatic carbocycles. The van der Waals surface area contributed by atoms with Crippen LogP contribution in [0.2, 0.25) is 5.02 Å². The SMILES string of the molecule is CCn1cc(NC(=O)C2CCN(S(=O)(=O)/C=C/c3ccc(Cl)cc3)CC2)cn1. The molecule has 1 aliphatic heterocycles. The first-order valence-electron chi connectivity index (χ1n) is 9.14. The first kappa shape index (κ1) is 20.6. The Bertz CT molecular complexity index is 946. The highest BCUT2D eigenvalue weighted by atomic mass is 35.5. The van der Waals surface area contributed by atoms with Gasteiger partial charge >= 0.3 is 0 Å². The molecule has 0 spiro atoms. The number of anilines is 1. The molecule has 1 saturated heterocycles. The predicted molar refractivity (Wildman–Crippen MR) is 110 cm³/mol. The van der Waals surface area contributed by atoms with Crippen LogP contribution in [-0.4, -0.2) is 41.5 Å². The van der Waals surface area contributed by atoms with Gasteiger partial charge in [-0.25, -0.2) is 8.42 Å². The van der Waals surface area contributed by atoms with Crippen LogP contribution < -0.4 is 5.32 Å². The van der Waals surface area contributed by atoms with Gasteiger partial charge in [-0.15, -0.1) is 0 Å². The van der Waals surface area contributed by atoms with E-state index in [2.05, 4.69) is 10.4 Å². The molecular weight excluding hydrogens is 400 g/mol. The summed E-state index contributed by atoms with van der Waals surface area (Å²) in [7, 11) is -3.52. The highest BCUT2D eigenvalue weighted by molar-refractivity contribution is 7.92. The third-order valence-electron chi connectivity index (χ3n) is 4.71. The lowest BCUT2D eigenvalue weighted by Crippen LogP contribution is -2.40. The Morgan fingerprint density at radius 3 is 2.57 bits per heavy atom. The van der Waals surface area contributed by atoms with E-state index < -0.39 is 10.0 Å². The number of carbonyl (C=O) groups is 1. The number of nitrogens with one attached hydrogen (secondary N) is 1. The van der Waals surface area contributed by atoms with Gasteiger partial charge in [-0.05, 0) is 43.5 Å². The fourth-order valence-corrected chi connectivity index (χ4v) is 4.39. The number of sulfonamides is 1. The van der Waals surface area contributed by atoms with Crippen LogP contribution in [0.1, 0.15) is 25.3 Å². The number of aromatic nitrogens is 2. The van der Waals surface area contributed by atoms with E-state index in [1.807, 2.05) is 6.92 Å². The zero-order valence-corrected chi connectivity index (χ0v) is 17.2. The molecule has 0 bridgehead atoms. The van der Waals surface area contributed by atoms with Gasteiger partial charge in [-0.1, -0.05) is 23.7 Å². The highest BCUT2D eigenvalue weighted by Gasteiger charge is 2.30. The molecule has 7 nitrogen and oxygen atoms in total. The first-order valence-corrected chi connectivity index (χ1v) is 11.0.